The summed E-state index contributed by atoms with van der Waals surface area (Å²) in [4.78, 5) is 0. The summed E-state index contributed by atoms with van der Waals surface area (Å²) in [6.07, 6.45) is 0. The molecule has 0 amide bonds. The molecule has 0 aromatic heterocycles. The highest BCUT2D eigenvalue weighted by Gasteiger charge is 2.04. The first-order valence-corrected chi connectivity index (χ1v) is 7.37. The molecule has 17 heavy (non-hydrogen) atoms. The molecule has 0 bridgehead atoms. The number of halogens is 3. The number of ether oxygens (including phenoxy) is 1. The fourth-order valence-corrected chi connectivity index (χ4v) is 2.56. The van der Waals surface area contributed by atoms with Crippen molar-refractivity contribution in [3.05, 3.63) is 56.1 Å². The van der Waals surface area contributed by atoms with Crippen LogP contribution in [-0.4, -0.2) is 0 Å². The van der Waals surface area contributed by atoms with E-state index < -0.39 is 0 Å². The number of hydrogen-bond donors (Lipinski definition) is 0. The zero-order valence-electron chi connectivity index (χ0n) is 8.79. The summed E-state index contributed by atoms with van der Waals surface area (Å²) >= 11 is 11.5. The van der Waals surface area contributed by atoms with Crippen LogP contribution in [0.15, 0.2) is 46.9 Å². The summed E-state index contributed by atoms with van der Waals surface area (Å²) in [5.41, 5.74) is 1.06. The van der Waals surface area contributed by atoms with E-state index in [4.69, 9.17) is 16.3 Å². The lowest BCUT2D eigenvalue weighted by Crippen LogP contribution is -1.87. The fourth-order valence-electron chi connectivity index (χ4n) is 1.37. The maximum Gasteiger partial charge on any atom is 0.141 e. The molecule has 0 aliphatic rings. The van der Waals surface area contributed by atoms with Gasteiger partial charge in [0.2, 0.25) is 0 Å². The van der Waals surface area contributed by atoms with Gasteiger partial charge in [-0.1, -0.05) is 12.1 Å². The van der Waals surface area contributed by atoms with Crippen LogP contribution in [0.25, 0.3) is 0 Å². The average molecular weight is 423 g/mol. The van der Waals surface area contributed by atoms with Gasteiger partial charge in [-0.25, -0.2) is 0 Å². The van der Waals surface area contributed by atoms with Crippen molar-refractivity contribution in [1.82, 2.24) is 0 Å². The Morgan fingerprint density at radius 2 is 2.00 bits per heavy atom. The summed E-state index contributed by atoms with van der Waals surface area (Å²) < 4.78 is 7.85. The van der Waals surface area contributed by atoms with E-state index in [1.165, 1.54) is 0 Å². The zero-order valence-corrected chi connectivity index (χ0v) is 13.3. The van der Waals surface area contributed by atoms with Crippen LogP contribution in [0.3, 0.4) is 0 Å². The average Bonchev–Trinajstić information content (AvgIpc) is 2.32. The van der Waals surface area contributed by atoms with Gasteiger partial charge in [-0.3, -0.25) is 0 Å². The lowest BCUT2D eigenvalue weighted by atomic mass is 10.2. The van der Waals surface area contributed by atoms with E-state index in [1.54, 1.807) is 0 Å². The first kappa shape index (κ1) is 13.2. The van der Waals surface area contributed by atoms with Gasteiger partial charge >= 0.3 is 0 Å². The van der Waals surface area contributed by atoms with Crippen molar-refractivity contribution in [3.63, 3.8) is 0 Å². The van der Waals surface area contributed by atoms with E-state index in [2.05, 4.69) is 38.5 Å². The predicted octanol–water partition coefficient (Wildman–Crippen LogP) is 5.58. The molecule has 0 N–H and O–H groups in total. The molecule has 1 nitrogen and oxygen atoms in total. The molecule has 0 radical (unpaired) electrons. The van der Waals surface area contributed by atoms with Crippen molar-refractivity contribution in [2.45, 2.75) is 5.88 Å². The van der Waals surface area contributed by atoms with Crippen LogP contribution in [0.4, 0.5) is 0 Å². The Kier molecular flexibility index (Phi) is 4.70. The van der Waals surface area contributed by atoms with Gasteiger partial charge in [0.05, 0.1) is 4.47 Å². The van der Waals surface area contributed by atoms with Crippen LogP contribution in [0.1, 0.15) is 5.56 Å². The van der Waals surface area contributed by atoms with Crippen LogP contribution in [0, 0.1) is 3.57 Å². The molecule has 0 heterocycles. The van der Waals surface area contributed by atoms with Crippen LogP contribution in [0.5, 0.6) is 11.5 Å². The molecule has 4 heteroatoms. The van der Waals surface area contributed by atoms with Crippen molar-refractivity contribution in [2.24, 2.45) is 0 Å². The van der Waals surface area contributed by atoms with Crippen molar-refractivity contribution < 1.29 is 4.74 Å². The molecule has 0 aliphatic carbocycles. The Bertz CT molecular complexity index is 531. The van der Waals surface area contributed by atoms with Crippen molar-refractivity contribution in [3.8, 4) is 11.5 Å². The molecule has 0 saturated carbocycles. The molecule has 2 aromatic carbocycles. The number of rotatable bonds is 3. The lowest BCUT2D eigenvalue weighted by Gasteiger charge is -2.08. The van der Waals surface area contributed by atoms with Crippen molar-refractivity contribution in [2.75, 3.05) is 0 Å². The van der Waals surface area contributed by atoms with Crippen LogP contribution in [-0.2, 0) is 5.88 Å². The maximum atomic E-state index is 5.79. The van der Waals surface area contributed by atoms with E-state index >= 15 is 0 Å². The SMILES string of the molecule is ClCc1ccc(Oc2cccc(I)c2)c(Br)c1. The molecule has 0 unspecified atom stereocenters. The van der Waals surface area contributed by atoms with E-state index in [1.807, 2.05) is 42.5 Å². The Morgan fingerprint density at radius 3 is 2.65 bits per heavy atom. The zero-order chi connectivity index (χ0) is 12.3. The summed E-state index contributed by atoms with van der Waals surface area (Å²) in [7, 11) is 0. The second-order valence-corrected chi connectivity index (χ2v) is 5.83. The highest BCUT2D eigenvalue weighted by Crippen LogP contribution is 2.31. The molecule has 2 rings (SSSR count). The van der Waals surface area contributed by atoms with Gasteiger partial charge < -0.3 is 4.74 Å². The van der Waals surface area contributed by atoms with Gasteiger partial charge in [0, 0.05) is 9.45 Å². The van der Waals surface area contributed by atoms with Gasteiger partial charge in [0.15, 0.2) is 0 Å². The first-order chi connectivity index (χ1) is 8.19. The Morgan fingerprint density at radius 1 is 1.18 bits per heavy atom. The fraction of sp³-hybridized carbons (Fsp3) is 0.0769. The van der Waals surface area contributed by atoms with Gasteiger partial charge in [0.25, 0.3) is 0 Å². The molecule has 0 aliphatic heterocycles. The monoisotopic (exact) mass is 422 g/mol. The molecule has 0 spiro atoms. The van der Waals surface area contributed by atoms with E-state index in [-0.39, 0.29) is 0 Å². The maximum absolute atomic E-state index is 5.79. The van der Waals surface area contributed by atoms with E-state index in [0.717, 1.165) is 25.1 Å². The Hall–Kier alpha value is -0.260. The molecule has 0 atom stereocenters. The number of hydrogen-bond acceptors (Lipinski definition) is 1. The molecule has 2 aromatic rings. The summed E-state index contributed by atoms with van der Waals surface area (Å²) in [5, 5.41) is 0. The third-order valence-corrected chi connectivity index (χ3v) is 3.77. The van der Waals surface area contributed by atoms with E-state index in [9.17, 15) is 0 Å². The highest BCUT2D eigenvalue weighted by atomic mass is 127. The minimum absolute atomic E-state index is 0.502. The smallest absolute Gasteiger partial charge is 0.141 e. The molecular weight excluding hydrogens is 414 g/mol. The third kappa shape index (κ3) is 3.60. The van der Waals surface area contributed by atoms with Gasteiger partial charge in [-0.05, 0) is 74.4 Å². The normalized spacial score (nSPS) is 10.3. The largest absolute Gasteiger partial charge is 0.456 e. The van der Waals surface area contributed by atoms with Gasteiger partial charge in [-0.15, -0.1) is 11.6 Å². The molecular formula is C13H9BrClIO. The van der Waals surface area contributed by atoms with Gasteiger partial charge in [-0.2, -0.15) is 0 Å². The van der Waals surface area contributed by atoms with Crippen molar-refractivity contribution in [1.29, 1.82) is 0 Å². The highest BCUT2D eigenvalue weighted by molar-refractivity contribution is 14.1. The topological polar surface area (TPSA) is 9.23 Å². The summed E-state index contributed by atoms with van der Waals surface area (Å²) in [6, 6.07) is 13.8. The number of alkyl halides is 1. The van der Waals surface area contributed by atoms with Crippen LogP contribution >= 0.6 is 50.1 Å². The quantitative estimate of drug-likeness (QED) is 0.462. The predicted molar refractivity (Wildman–Crippen MR) is 82.9 cm³/mol. The minimum atomic E-state index is 0.502. The van der Waals surface area contributed by atoms with E-state index in [0.29, 0.717) is 5.88 Å². The van der Waals surface area contributed by atoms with Crippen LogP contribution < -0.4 is 4.74 Å². The van der Waals surface area contributed by atoms with Crippen LogP contribution in [0.2, 0.25) is 0 Å². The second-order valence-electron chi connectivity index (χ2n) is 3.46. The Labute approximate surface area is 127 Å². The van der Waals surface area contributed by atoms with Crippen molar-refractivity contribution >= 4 is 50.1 Å². The molecule has 0 saturated heterocycles. The molecule has 88 valence electrons. The Balaban J connectivity index is 2.24. The first-order valence-electron chi connectivity index (χ1n) is 4.97. The third-order valence-electron chi connectivity index (χ3n) is 2.17. The van der Waals surface area contributed by atoms with Gasteiger partial charge in [0.1, 0.15) is 11.5 Å². The lowest BCUT2D eigenvalue weighted by molar-refractivity contribution is 0.479. The second kappa shape index (κ2) is 6.07. The summed E-state index contributed by atoms with van der Waals surface area (Å²) in [6.45, 7) is 0. The number of benzene rings is 2. The standard InChI is InChI=1S/C13H9BrClIO/c14-12-6-9(8-15)4-5-13(12)17-11-3-1-2-10(16)7-11/h1-7H,8H2. The molecule has 0 fully saturated rings. The minimum Gasteiger partial charge on any atom is -0.456 e. The summed E-state index contributed by atoms with van der Waals surface area (Å²) in [5.74, 6) is 2.12.